The Balaban J connectivity index is 0.943. The monoisotopic (exact) mass is 636 g/mol. The summed E-state index contributed by atoms with van der Waals surface area (Å²) in [5.74, 6) is 3.16. The number of phenols is 1. The minimum absolute atomic E-state index is 0.0470. The second-order valence-electron chi connectivity index (χ2n) is 15.7. The number of aliphatic hydroxyl groups excluding tert-OH is 1. The molecule has 3 fully saturated rings. The van der Waals surface area contributed by atoms with Gasteiger partial charge in [0, 0.05) is 19.5 Å². The average molecular weight is 637 g/mol. The lowest BCUT2D eigenvalue weighted by Gasteiger charge is -2.53. The number of likely N-dealkylation sites (tertiary alicyclic amines) is 1. The van der Waals surface area contributed by atoms with Gasteiger partial charge in [-0.1, -0.05) is 84.1 Å². The van der Waals surface area contributed by atoms with Gasteiger partial charge in [-0.25, -0.2) is 0 Å². The summed E-state index contributed by atoms with van der Waals surface area (Å²) in [5.41, 5.74) is 2.95. The summed E-state index contributed by atoms with van der Waals surface area (Å²) in [5, 5.41) is 24.3. The number of rotatable bonds is 17. The van der Waals surface area contributed by atoms with E-state index >= 15 is 0 Å². The Hall–Kier alpha value is -2.08. The number of carbonyl (C=O) groups excluding carboxylic acids is 2. The van der Waals surface area contributed by atoms with E-state index in [1.165, 1.54) is 75.3 Å². The lowest BCUT2D eigenvalue weighted by atomic mass is 9.52. The Morgan fingerprint density at radius 1 is 0.935 bits per heavy atom. The van der Waals surface area contributed by atoms with Gasteiger partial charge in [-0.3, -0.25) is 9.59 Å². The lowest BCUT2D eigenvalue weighted by Crippen LogP contribution is -2.47. The number of nitrogens with one attached hydrogen (secondary N) is 1. The number of benzene rings is 1. The molecule has 1 aromatic carbocycles. The topological polar surface area (TPSA) is 89.9 Å². The fourth-order valence-corrected chi connectivity index (χ4v) is 10.1. The molecule has 2 amide bonds. The van der Waals surface area contributed by atoms with E-state index in [4.69, 9.17) is 0 Å². The number of aromatic hydroxyl groups is 1. The third-order valence-electron chi connectivity index (χ3n) is 12.8. The molecule has 3 aliphatic carbocycles. The molecule has 0 bridgehead atoms. The van der Waals surface area contributed by atoms with Crippen LogP contribution in [0.3, 0.4) is 0 Å². The Labute approximate surface area is 279 Å². The van der Waals surface area contributed by atoms with Crippen LogP contribution in [0.2, 0.25) is 0 Å². The molecule has 1 saturated heterocycles. The molecule has 1 aromatic rings. The summed E-state index contributed by atoms with van der Waals surface area (Å²) in [7, 11) is 0. The van der Waals surface area contributed by atoms with Gasteiger partial charge in [0.15, 0.2) is 0 Å². The highest BCUT2D eigenvalue weighted by Crippen LogP contribution is 2.62. The van der Waals surface area contributed by atoms with Gasteiger partial charge in [0.25, 0.3) is 0 Å². The Morgan fingerprint density at radius 3 is 2.43 bits per heavy atom. The molecule has 258 valence electrons. The van der Waals surface area contributed by atoms with Crippen molar-refractivity contribution < 1.29 is 19.8 Å². The molecule has 0 spiro atoms. The predicted octanol–water partition coefficient (Wildman–Crippen LogP) is 8.42. The van der Waals surface area contributed by atoms with Crippen molar-refractivity contribution in [3.05, 3.63) is 29.3 Å². The molecule has 1 aliphatic heterocycles. The summed E-state index contributed by atoms with van der Waals surface area (Å²) < 4.78 is 0. The van der Waals surface area contributed by atoms with E-state index < -0.39 is 0 Å². The van der Waals surface area contributed by atoms with Crippen LogP contribution in [0.4, 0.5) is 0 Å². The molecule has 6 heteroatoms. The number of hydrogen-bond acceptors (Lipinski definition) is 4. The van der Waals surface area contributed by atoms with Crippen LogP contribution in [0.1, 0.15) is 159 Å². The van der Waals surface area contributed by atoms with Gasteiger partial charge < -0.3 is 20.4 Å². The van der Waals surface area contributed by atoms with Crippen LogP contribution in [0.15, 0.2) is 18.2 Å². The highest BCUT2D eigenvalue weighted by atomic mass is 16.3. The number of phenolic OH excluding ortho intramolecular Hbond substituents is 1. The summed E-state index contributed by atoms with van der Waals surface area (Å²) in [4.78, 5) is 27.1. The van der Waals surface area contributed by atoms with Crippen LogP contribution < -0.4 is 5.32 Å². The molecular weight excluding hydrogens is 572 g/mol. The summed E-state index contributed by atoms with van der Waals surface area (Å²) in [6, 6.07) is 5.86. The van der Waals surface area contributed by atoms with Crippen molar-refractivity contribution in [2.75, 3.05) is 13.1 Å². The Kier molecular flexibility index (Phi) is 12.9. The first kappa shape index (κ1) is 35.2. The Morgan fingerprint density at radius 2 is 1.67 bits per heavy atom. The van der Waals surface area contributed by atoms with Crippen molar-refractivity contribution in [1.82, 2.24) is 10.2 Å². The number of amides is 2. The quantitative estimate of drug-likeness (QED) is 0.150. The third-order valence-corrected chi connectivity index (χ3v) is 12.8. The van der Waals surface area contributed by atoms with Crippen LogP contribution in [0.5, 0.6) is 5.75 Å². The van der Waals surface area contributed by atoms with E-state index in [9.17, 15) is 19.8 Å². The van der Waals surface area contributed by atoms with Gasteiger partial charge >= 0.3 is 0 Å². The first-order chi connectivity index (χ1) is 22.3. The first-order valence-electron chi connectivity index (χ1n) is 19.4. The van der Waals surface area contributed by atoms with E-state index in [0.717, 1.165) is 77.3 Å². The van der Waals surface area contributed by atoms with Crippen LogP contribution in [0, 0.1) is 23.2 Å². The maximum atomic E-state index is 12.7. The second-order valence-corrected chi connectivity index (χ2v) is 15.7. The molecule has 46 heavy (non-hydrogen) atoms. The zero-order valence-electron chi connectivity index (χ0n) is 29.1. The smallest absolute Gasteiger partial charge is 0.242 e. The van der Waals surface area contributed by atoms with E-state index in [-0.39, 0.29) is 29.4 Å². The standard InChI is InChI=1S/C40H64N2O4/c1-3-4-12-18-37(45)42-26-15-17-35(42)39(46)41-25-14-11-9-7-5-6-8-10-13-16-29-27-30-28-31(43)19-20-32(30)33-23-24-40(2)34(38(29)33)21-22-36(40)44/h19-20,28-29,33-36,38,43-44H,3-18,21-27H2,1-2H3,(H,41,46)/t29-,33-,34+,35-,36+,38-,40+/m1/s1. The molecule has 0 aromatic heterocycles. The molecule has 4 aliphatic rings. The van der Waals surface area contributed by atoms with Crippen molar-refractivity contribution in [3.63, 3.8) is 0 Å². The highest BCUT2D eigenvalue weighted by molar-refractivity contribution is 5.88. The van der Waals surface area contributed by atoms with Gasteiger partial charge in [-0.05, 0) is 117 Å². The SMILES string of the molecule is CCCCCC(=O)N1CCC[C@@H]1C(=O)NCCCCCCCCCCC[C@@H]1Cc2cc(O)ccc2[C@H]2CC[C@]3(C)[C@@H](O)CC[C@H]3[C@H]12. The van der Waals surface area contributed by atoms with Crippen LogP contribution in [-0.2, 0) is 16.0 Å². The molecule has 5 rings (SSSR count). The largest absolute Gasteiger partial charge is 0.508 e. The predicted molar refractivity (Wildman–Crippen MR) is 186 cm³/mol. The summed E-state index contributed by atoms with van der Waals surface area (Å²) >= 11 is 0. The Bertz CT molecular complexity index is 1140. The molecule has 1 heterocycles. The van der Waals surface area contributed by atoms with Gasteiger partial charge in [0.2, 0.25) is 11.8 Å². The van der Waals surface area contributed by atoms with Gasteiger partial charge in [0.05, 0.1) is 6.10 Å². The minimum atomic E-state index is -0.253. The van der Waals surface area contributed by atoms with E-state index in [0.29, 0.717) is 35.8 Å². The highest BCUT2D eigenvalue weighted by Gasteiger charge is 2.56. The minimum Gasteiger partial charge on any atom is -0.508 e. The average Bonchev–Trinajstić information content (AvgIpc) is 3.66. The van der Waals surface area contributed by atoms with Gasteiger partial charge in [0.1, 0.15) is 11.8 Å². The van der Waals surface area contributed by atoms with Crippen molar-refractivity contribution in [1.29, 1.82) is 0 Å². The zero-order valence-corrected chi connectivity index (χ0v) is 29.1. The van der Waals surface area contributed by atoms with Gasteiger partial charge in [-0.2, -0.15) is 0 Å². The lowest BCUT2D eigenvalue weighted by molar-refractivity contribution is -0.138. The number of aliphatic hydroxyl groups is 1. The number of hydrogen-bond donors (Lipinski definition) is 3. The number of nitrogens with zero attached hydrogens (tertiary/aromatic N) is 1. The molecule has 0 unspecified atom stereocenters. The van der Waals surface area contributed by atoms with Crippen molar-refractivity contribution in [2.45, 2.75) is 167 Å². The zero-order chi connectivity index (χ0) is 32.5. The molecule has 3 N–H and O–H groups in total. The van der Waals surface area contributed by atoms with E-state index in [1.54, 1.807) is 0 Å². The maximum absolute atomic E-state index is 12.7. The fraction of sp³-hybridized carbons (Fsp3) is 0.800. The van der Waals surface area contributed by atoms with Crippen molar-refractivity contribution in [2.24, 2.45) is 23.2 Å². The van der Waals surface area contributed by atoms with Crippen molar-refractivity contribution in [3.8, 4) is 5.75 Å². The molecule has 6 nitrogen and oxygen atoms in total. The van der Waals surface area contributed by atoms with Crippen LogP contribution >= 0.6 is 0 Å². The van der Waals surface area contributed by atoms with E-state index in [1.807, 2.05) is 17.0 Å². The molecule has 7 atom stereocenters. The normalized spacial score (nSPS) is 30.1. The summed E-state index contributed by atoms with van der Waals surface area (Å²) in [6.07, 6.45) is 23.3. The second kappa shape index (κ2) is 16.8. The van der Waals surface area contributed by atoms with Crippen LogP contribution in [-0.4, -0.2) is 52.2 Å². The molecular formula is C40H64N2O4. The van der Waals surface area contributed by atoms with Crippen LogP contribution in [0.25, 0.3) is 0 Å². The maximum Gasteiger partial charge on any atom is 0.242 e. The summed E-state index contributed by atoms with van der Waals surface area (Å²) in [6.45, 7) is 5.97. The molecule has 2 saturated carbocycles. The number of carbonyl (C=O) groups is 2. The number of unbranched alkanes of at least 4 members (excludes halogenated alkanes) is 10. The fourth-order valence-electron chi connectivity index (χ4n) is 10.1. The first-order valence-corrected chi connectivity index (χ1v) is 19.4. The molecule has 0 radical (unpaired) electrons. The van der Waals surface area contributed by atoms with E-state index in [2.05, 4.69) is 25.2 Å². The number of fused-ring (bicyclic) bond motifs is 5. The van der Waals surface area contributed by atoms with Gasteiger partial charge in [-0.15, -0.1) is 0 Å². The third kappa shape index (κ3) is 8.31. The van der Waals surface area contributed by atoms with Crippen molar-refractivity contribution >= 4 is 11.8 Å².